The summed E-state index contributed by atoms with van der Waals surface area (Å²) in [5, 5.41) is 11.9. The fourth-order valence-electron chi connectivity index (χ4n) is 3.88. The normalized spacial score (nSPS) is 15.3. The van der Waals surface area contributed by atoms with Crippen molar-refractivity contribution in [3.63, 3.8) is 0 Å². The highest BCUT2D eigenvalue weighted by Crippen LogP contribution is 2.41. The molecule has 2 fully saturated rings. The number of thioether (sulfide) groups is 1. The van der Waals surface area contributed by atoms with Crippen molar-refractivity contribution in [2.45, 2.75) is 49.7 Å². The SMILES string of the molecule is CC(=O)Nc1cccc(-n2c(SCC(=O)c3c(N)n(C4CC4)c(=O)[nH]c3=O)nnc2C2CC2)c1. The molecule has 2 heterocycles. The monoisotopic (exact) mass is 481 g/mol. The van der Waals surface area contributed by atoms with E-state index >= 15 is 0 Å². The summed E-state index contributed by atoms with van der Waals surface area (Å²) < 4.78 is 3.17. The van der Waals surface area contributed by atoms with Crippen molar-refractivity contribution < 1.29 is 9.59 Å². The summed E-state index contributed by atoms with van der Waals surface area (Å²) in [4.78, 5) is 51.2. The molecule has 3 aromatic rings. The number of ketones is 1. The molecule has 34 heavy (non-hydrogen) atoms. The van der Waals surface area contributed by atoms with E-state index in [0.717, 1.165) is 49.0 Å². The van der Waals surface area contributed by atoms with E-state index in [1.54, 1.807) is 6.07 Å². The van der Waals surface area contributed by atoms with Crippen molar-refractivity contribution >= 4 is 35.0 Å². The van der Waals surface area contributed by atoms with Gasteiger partial charge in [-0.05, 0) is 43.9 Å². The van der Waals surface area contributed by atoms with Crippen LogP contribution in [0, 0.1) is 0 Å². The third-order valence-corrected chi connectivity index (χ3v) is 6.66. The summed E-state index contributed by atoms with van der Waals surface area (Å²) in [5.74, 6) is 0.193. The van der Waals surface area contributed by atoms with Crippen molar-refractivity contribution in [1.82, 2.24) is 24.3 Å². The molecule has 1 aromatic carbocycles. The first-order valence-electron chi connectivity index (χ1n) is 11.0. The number of hydrogen-bond acceptors (Lipinski definition) is 8. The Morgan fingerprint density at radius 1 is 1.21 bits per heavy atom. The predicted octanol–water partition coefficient (Wildman–Crippen LogP) is 1.85. The molecule has 0 unspecified atom stereocenters. The molecular formula is C22H23N7O4S. The number of carbonyl (C=O) groups is 2. The molecule has 0 aliphatic heterocycles. The second kappa shape index (κ2) is 8.60. The van der Waals surface area contributed by atoms with Gasteiger partial charge in [0.05, 0.1) is 11.4 Å². The van der Waals surface area contributed by atoms with Crippen molar-refractivity contribution in [3.8, 4) is 5.69 Å². The molecule has 0 radical (unpaired) electrons. The van der Waals surface area contributed by atoms with Crippen molar-refractivity contribution in [1.29, 1.82) is 0 Å². The van der Waals surface area contributed by atoms with Crippen LogP contribution < -0.4 is 22.3 Å². The van der Waals surface area contributed by atoms with Crippen LogP contribution in [0.5, 0.6) is 0 Å². The first-order chi connectivity index (χ1) is 16.3. The third-order valence-electron chi connectivity index (χ3n) is 5.73. The minimum atomic E-state index is -0.784. The molecule has 2 saturated carbocycles. The predicted molar refractivity (Wildman–Crippen MR) is 127 cm³/mol. The second-order valence-corrected chi connectivity index (χ2v) is 9.46. The summed E-state index contributed by atoms with van der Waals surface area (Å²) in [5.41, 5.74) is 5.87. The van der Waals surface area contributed by atoms with Crippen LogP contribution in [0.3, 0.4) is 0 Å². The number of aromatic nitrogens is 5. The minimum Gasteiger partial charge on any atom is -0.384 e. The van der Waals surface area contributed by atoms with E-state index in [2.05, 4.69) is 20.5 Å². The van der Waals surface area contributed by atoms with Crippen molar-refractivity contribution in [2.24, 2.45) is 0 Å². The van der Waals surface area contributed by atoms with Crippen molar-refractivity contribution in [3.05, 3.63) is 56.5 Å². The number of benzene rings is 1. The van der Waals surface area contributed by atoms with Crippen LogP contribution in [0.2, 0.25) is 0 Å². The number of nitrogens with zero attached hydrogens (tertiary/aromatic N) is 4. The van der Waals surface area contributed by atoms with Crippen LogP contribution in [0.4, 0.5) is 11.5 Å². The maximum atomic E-state index is 13.0. The number of rotatable bonds is 8. The molecule has 0 atom stereocenters. The van der Waals surface area contributed by atoms with Gasteiger partial charge >= 0.3 is 5.69 Å². The van der Waals surface area contributed by atoms with Crippen LogP contribution in [0.15, 0.2) is 39.0 Å². The highest BCUT2D eigenvalue weighted by Gasteiger charge is 2.32. The van der Waals surface area contributed by atoms with Crippen LogP contribution >= 0.6 is 11.8 Å². The van der Waals surface area contributed by atoms with Gasteiger partial charge in [-0.3, -0.25) is 28.5 Å². The molecule has 0 spiro atoms. The lowest BCUT2D eigenvalue weighted by Crippen LogP contribution is -2.36. The Morgan fingerprint density at radius 2 is 1.97 bits per heavy atom. The van der Waals surface area contributed by atoms with E-state index in [4.69, 9.17) is 5.73 Å². The lowest BCUT2D eigenvalue weighted by Gasteiger charge is -2.12. The molecule has 2 aromatic heterocycles. The Hall–Kier alpha value is -3.67. The molecule has 176 valence electrons. The number of nitrogen functional groups attached to an aromatic ring is 1. The Morgan fingerprint density at radius 3 is 2.65 bits per heavy atom. The topological polar surface area (TPSA) is 158 Å². The summed E-state index contributed by atoms with van der Waals surface area (Å²) in [6, 6.07) is 7.21. The maximum absolute atomic E-state index is 13.0. The Bertz CT molecular complexity index is 1420. The van der Waals surface area contributed by atoms with E-state index in [1.807, 2.05) is 22.8 Å². The lowest BCUT2D eigenvalue weighted by atomic mass is 10.2. The number of nitrogens with two attached hydrogens (primary N) is 1. The summed E-state index contributed by atoms with van der Waals surface area (Å²) in [6.07, 6.45) is 3.57. The van der Waals surface area contributed by atoms with Gasteiger partial charge in [0.25, 0.3) is 5.56 Å². The average molecular weight is 482 g/mol. The molecule has 0 bridgehead atoms. The lowest BCUT2D eigenvalue weighted by molar-refractivity contribution is -0.114. The molecule has 11 nitrogen and oxygen atoms in total. The zero-order chi connectivity index (χ0) is 24.0. The molecule has 2 aliphatic rings. The molecule has 4 N–H and O–H groups in total. The number of amides is 1. The van der Waals surface area contributed by atoms with Gasteiger partial charge in [0.2, 0.25) is 5.91 Å². The summed E-state index contributed by atoms with van der Waals surface area (Å²) >= 11 is 1.14. The molecule has 5 rings (SSSR count). The summed E-state index contributed by atoms with van der Waals surface area (Å²) in [7, 11) is 0. The number of carbonyl (C=O) groups excluding carboxylic acids is 2. The number of Topliss-reactive ketones (excluding diaryl/α,β-unsaturated/α-hetero) is 1. The van der Waals surface area contributed by atoms with Crippen LogP contribution in [0.1, 0.15) is 60.7 Å². The molecule has 0 saturated heterocycles. The van der Waals surface area contributed by atoms with Gasteiger partial charge in [0, 0.05) is 24.6 Å². The first-order valence-corrected chi connectivity index (χ1v) is 12.0. The highest BCUT2D eigenvalue weighted by atomic mass is 32.2. The average Bonchev–Trinajstić information content (AvgIpc) is 3.70. The second-order valence-electron chi connectivity index (χ2n) is 8.51. The summed E-state index contributed by atoms with van der Waals surface area (Å²) in [6.45, 7) is 1.44. The van der Waals surface area contributed by atoms with E-state index in [-0.39, 0.29) is 35.0 Å². The number of hydrogen-bond donors (Lipinski definition) is 3. The Kier molecular flexibility index (Phi) is 5.60. The van der Waals surface area contributed by atoms with Gasteiger partial charge in [0.1, 0.15) is 17.2 Å². The van der Waals surface area contributed by atoms with Crippen LogP contribution in [-0.2, 0) is 4.79 Å². The van der Waals surface area contributed by atoms with Gasteiger partial charge in [-0.15, -0.1) is 10.2 Å². The smallest absolute Gasteiger partial charge is 0.330 e. The van der Waals surface area contributed by atoms with E-state index in [1.165, 1.54) is 11.5 Å². The van der Waals surface area contributed by atoms with Gasteiger partial charge in [0.15, 0.2) is 10.9 Å². The zero-order valence-electron chi connectivity index (χ0n) is 18.4. The van der Waals surface area contributed by atoms with Crippen LogP contribution in [0.25, 0.3) is 5.69 Å². The molecular weight excluding hydrogens is 458 g/mol. The Labute approximate surface area is 197 Å². The standard InChI is InChI=1S/C22H23N7O4S/c1-11(30)24-13-3-2-4-15(9-13)29-19(12-5-6-12)26-27-22(29)34-10-16(31)17-18(23)28(14-7-8-14)21(33)25-20(17)32/h2-4,9,12,14H,5-8,10,23H2,1H3,(H,24,30)(H,25,32,33). The van der Waals surface area contributed by atoms with Gasteiger partial charge in [-0.1, -0.05) is 17.8 Å². The number of H-pyrrole nitrogens is 1. The molecule has 12 heteroatoms. The van der Waals surface area contributed by atoms with Crippen molar-refractivity contribution in [2.75, 3.05) is 16.8 Å². The Balaban J connectivity index is 1.44. The minimum absolute atomic E-state index is 0.0800. The number of nitrogens with one attached hydrogen (secondary N) is 2. The van der Waals surface area contributed by atoms with Gasteiger partial charge < -0.3 is 11.1 Å². The first kappa shape index (κ1) is 22.1. The van der Waals surface area contributed by atoms with Gasteiger partial charge in [-0.25, -0.2) is 4.79 Å². The third kappa shape index (κ3) is 4.28. The highest BCUT2D eigenvalue weighted by molar-refractivity contribution is 7.99. The van der Waals surface area contributed by atoms with Gasteiger partial charge in [-0.2, -0.15) is 0 Å². The van der Waals surface area contributed by atoms with Crippen LogP contribution in [-0.4, -0.2) is 41.8 Å². The molecule has 2 aliphatic carbocycles. The van der Waals surface area contributed by atoms with E-state index in [9.17, 15) is 19.2 Å². The fraction of sp³-hybridized carbons (Fsp3) is 0.364. The largest absolute Gasteiger partial charge is 0.384 e. The number of aromatic amines is 1. The fourth-order valence-corrected chi connectivity index (χ4v) is 4.71. The van der Waals surface area contributed by atoms with E-state index in [0.29, 0.717) is 10.8 Å². The number of anilines is 2. The zero-order valence-corrected chi connectivity index (χ0v) is 19.2. The molecule has 1 amide bonds. The van der Waals surface area contributed by atoms with E-state index < -0.39 is 17.0 Å². The quantitative estimate of drug-likeness (QED) is 0.325. The maximum Gasteiger partial charge on any atom is 0.330 e.